The molecule has 0 amide bonds. The van der Waals surface area contributed by atoms with Crippen LogP contribution in [0.3, 0.4) is 0 Å². The van der Waals surface area contributed by atoms with Crippen LogP contribution in [-0.2, 0) is 10.0 Å². The maximum Gasteiger partial charge on any atom is 0.243 e. The molecule has 3 aromatic rings. The van der Waals surface area contributed by atoms with Crippen molar-refractivity contribution in [3.63, 3.8) is 0 Å². The highest BCUT2D eigenvalue weighted by Crippen LogP contribution is 2.24. The fourth-order valence-electron chi connectivity index (χ4n) is 3.48. The van der Waals surface area contributed by atoms with Crippen molar-refractivity contribution in [2.75, 3.05) is 45.3 Å². The molecule has 0 radical (unpaired) electrons. The summed E-state index contributed by atoms with van der Waals surface area (Å²) in [5.74, 6) is 2.04. The highest BCUT2D eigenvalue weighted by molar-refractivity contribution is 7.89. The number of anilines is 1. The third-order valence-corrected chi connectivity index (χ3v) is 7.17. The van der Waals surface area contributed by atoms with Crippen molar-refractivity contribution < 1.29 is 17.9 Å². The number of piperazine rings is 1. The van der Waals surface area contributed by atoms with E-state index in [-0.39, 0.29) is 4.90 Å². The Labute approximate surface area is 182 Å². The molecule has 4 rings (SSSR count). The molecule has 2 heterocycles. The lowest BCUT2D eigenvalue weighted by Gasteiger charge is -2.34. The van der Waals surface area contributed by atoms with Gasteiger partial charge in [0.25, 0.3) is 0 Å². The molecule has 1 fully saturated rings. The molecule has 0 saturated carbocycles. The predicted octanol–water partition coefficient (Wildman–Crippen LogP) is 2.67. The lowest BCUT2D eigenvalue weighted by molar-refractivity contribution is 0.382. The number of hydrogen-bond acceptors (Lipinski definition) is 7. The van der Waals surface area contributed by atoms with Gasteiger partial charge < -0.3 is 14.4 Å². The number of benzene rings is 2. The van der Waals surface area contributed by atoms with Gasteiger partial charge in [0.15, 0.2) is 5.82 Å². The third-order valence-electron chi connectivity index (χ3n) is 5.28. The molecule has 0 bridgehead atoms. The zero-order valence-electron chi connectivity index (χ0n) is 17.4. The standard InChI is InChI=1S/C22H24N4O4S/c1-29-18-8-6-17(7-9-18)21-10-11-22(24-23-21)25-12-14-26(15-13-25)31(27,28)20-5-3-4-19(16-20)30-2/h3-11,16H,12-15H2,1-2H3. The van der Waals surface area contributed by atoms with Gasteiger partial charge in [0.1, 0.15) is 11.5 Å². The summed E-state index contributed by atoms with van der Waals surface area (Å²) in [7, 11) is -0.419. The smallest absolute Gasteiger partial charge is 0.243 e. The van der Waals surface area contributed by atoms with Gasteiger partial charge in [-0.2, -0.15) is 4.31 Å². The first-order valence-electron chi connectivity index (χ1n) is 9.88. The van der Waals surface area contributed by atoms with E-state index in [4.69, 9.17) is 9.47 Å². The molecule has 0 unspecified atom stereocenters. The van der Waals surface area contributed by atoms with Crippen LogP contribution in [0.25, 0.3) is 11.3 Å². The minimum Gasteiger partial charge on any atom is -0.497 e. The number of ether oxygens (including phenoxy) is 2. The lowest BCUT2D eigenvalue weighted by atomic mass is 10.1. The van der Waals surface area contributed by atoms with Gasteiger partial charge in [0.05, 0.1) is 24.8 Å². The Hall–Kier alpha value is -3.17. The summed E-state index contributed by atoms with van der Waals surface area (Å²) < 4.78 is 37.8. The van der Waals surface area contributed by atoms with Crippen LogP contribution in [0.15, 0.2) is 65.6 Å². The fourth-order valence-corrected chi connectivity index (χ4v) is 4.94. The van der Waals surface area contributed by atoms with Crippen LogP contribution < -0.4 is 14.4 Å². The monoisotopic (exact) mass is 440 g/mol. The van der Waals surface area contributed by atoms with E-state index in [1.54, 1.807) is 31.4 Å². The maximum atomic E-state index is 13.0. The maximum absolute atomic E-state index is 13.0. The van der Waals surface area contributed by atoms with Gasteiger partial charge in [-0.3, -0.25) is 0 Å². The summed E-state index contributed by atoms with van der Waals surface area (Å²) in [6.45, 7) is 1.84. The fraction of sp³-hybridized carbons (Fsp3) is 0.273. The van der Waals surface area contributed by atoms with E-state index in [2.05, 4.69) is 10.2 Å². The van der Waals surface area contributed by atoms with Gasteiger partial charge in [-0.25, -0.2) is 8.42 Å². The van der Waals surface area contributed by atoms with Crippen LogP contribution >= 0.6 is 0 Å². The first-order chi connectivity index (χ1) is 15.0. The number of sulfonamides is 1. The van der Waals surface area contributed by atoms with Crippen molar-refractivity contribution in [3.05, 3.63) is 60.7 Å². The van der Waals surface area contributed by atoms with Crippen molar-refractivity contribution in [2.45, 2.75) is 4.90 Å². The van der Waals surface area contributed by atoms with Crippen LogP contribution in [0.4, 0.5) is 5.82 Å². The molecule has 162 valence electrons. The highest BCUT2D eigenvalue weighted by Gasteiger charge is 2.29. The first-order valence-corrected chi connectivity index (χ1v) is 11.3. The molecule has 0 spiro atoms. The minimum absolute atomic E-state index is 0.240. The third kappa shape index (κ3) is 4.47. The molecule has 2 aromatic carbocycles. The molecular weight excluding hydrogens is 416 g/mol. The lowest BCUT2D eigenvalue weighted by Crippen LogP contribution is -2.49. The number of rotatable bonds is 6. The molecule has 8 nitrogen and oxygen atoms in total. The van der Waals surface area contributed by atoms with Crippen LogP contribution in [0, 0.1) is 0 Å². The van der Waals surface area contributed by atoms with E-state index in [0.717, 1.165) is 22.8 Å². The number of nitrogens with zero attached hydrogens (tertiary/aromatic N) is 4. The summed E-state index contributed by atoms with van der Waals surface area (Å²) in [5.41, 5.74) is 1.72. The second kappa shape index (κ2) is 8.91. The van der Waals surface area contributed by atoms with Crippen molar-refractivity contribution in [2.24, 2.45) is 0 Å². The number of methoxy groups -OCH3 is 2. The predicted molar refractivity (Wildman–Crippen MR) is 118 cm³/mol. The Morgan fingerprint density at radius 2 is 1.52 bits per heavy atom. The quantitative estimate of drug-likeness (QED) is 0.583. The molecule has 1 aliphatic rings. The zero-order valence-corrected chi connectivity index (χ0v) is 18.2. The molecule has 1 aromatic heterocycles. The van der Waals surface area contributed by atoms with Gasteiger partial charge in [-0.15, -0.1) is 10.2 Å². The largest absolute Gasteiger partial charge is 0.497 e. The Morgan fingerprint density at radius 1 is 0.806 bits per heavy atom. The van der Waals surface area contributed by atoms with Gasteiger partial charge in [0, 0.05) is 37.8 Å². The Bertz CT molecular complexity index is 1130. The molecule has 0 aliphatic carbocycles. The van der Waals surface area contributed by atoms with E-state index in [1.165, 1.54) is 11.4 Å². The molecule has 9 heteroatoms. The van der Waals surface area contributed by atoms with E-state index >= 15 is 0 Å². The van der Waals surface area contributed by atoms with Gasteiger partial charge in [-0.1, -0.05) is 6.07 Å². The van der Waals surface area contributed by atoms with Crippen LogP contribution in [0.2, 0.25) is 0 Å². The topological polar surface area (TPSA) is 84.9 Å². The zero-order chi connectivity index (χ0) is 21.8. The average Bonchev–Trinajstić information content (AvgIpc) is 2.84. The van der Waals surface area contributed by atoms with Gasteiger partial charge in [0.2, 0.25) is 10.0 Å². The molecule has 0 N–H and O–H groups in total. The van der Waals surface area contributed by atoms with Gasteiger partial charge in [-0.05, 0) is 48.5 Å². The second-order valence-electron chi connectivity index (χ2n) is 7.08. The molecule has 1 saturated heterocycles. The highest BCUT2D eigenvalue weighted by atomic mass is 32.2. The molecule has 31 heavy (non-hydrogen) atoms. The Balaban J connectivity index is 1.42. The minimum atomic E-state index is -3.57. The van der Waals surface area contributed by atoms with Crippen molar-refractivity contribution in [3.8, 4) is 22.8 Å². The van der Waals surface area contributed by atoms with Crippen LogP contribution in [0.1, 0.15) is 0 Å². The summed E-state index contributed by atoms with van der Waals surface area (Å²) in [5, 5.41) is 8.69. The Morgan fingerprint density at radius 3 is 2.13 bits per heavy atom. The van der Waals surface area contributed by atoms with Crippen LogP contribution in [0.5, 0.6) is 11.5 Å². The van der Waals surface area contributed by atoms with Crippen LogP contribution in [-0.4, -0.2) is 63.3 Å². The summed E-state index contributed by atoms with van der Waals surface area (Å²) >= 11 is 0. The molecule has 1 aliphatic heterocycles. The molecular formula is C22H24N4O4S. The number of hydrogen-bond donors (Lipinski definition) is 0. The Kier molecular flexibility index (Phi) is 6.06. The number of aromatic nitrogens is 2. The summed E-state index contributed by atoms with van der Waals surface area (Å²) in [4.78, 5) is 2.28. The van der Waals surface area contributed by atoms with E-state index < -0.39 is 10.0 Å². The summed E-state index contributed by atoms with van der Waals surface area (Å²) in [6.07, 6.45) is 0. The summed E-state index contributed by atoms with van der Waals surface area (Å²) in [6, 6.07) is 18.0. The van der Waals surface area contributed by atoms with Crippen molar-refractivity contribution >= 4 is 15.8 Å². The van der Waals surface area contributed by atoms with Crippen molar-refractivity contribution in [1.82, 2.24) is 14.5 Å². The normalized spacial score (nSPS) is 15.0. The van der Waals surface area contributed by atoms with E-state index in [1.807, 2.05) is 41.3 Å². The molecule has 0 atom stereocenters. The van der Waals surface area contributed by atoms with E-state index in [0.29, 0.717) is 31.9 Å². The SMILES string of the molecule is COc1ccc(-c2ccc(N3CCN(S(=O)(=O)c4cccc(OC)c4)CC3)nn2)cc1. The van der Waals surface area contributed by atoms with Gasteiger partial charge >= 0.3 is 0 Å². The average molecular weight is 441 g/mol. The first kappa shape index (κ1) is 21.1. The van der Waals surface area contributed by atoms with Crippen molar-refractivity contribution in [1.29, 1.82) is 0 Å². The van der Waals surface area contributed by atoms with E-state index in [9.17, 15) is 8.42 Å². The second-order valence-corrected chi connectivity index (χ2v) is 9.01.